The molecule has 22 heavy (non-hydrogen) atoms. The standard InChI is InChI=1S/C16H26N4O2/c1-11(18-15(21)22-16(3,4)5)9-20-7-6-14-13(10-20)8-17-12(2)19-14/h8,11H,6-7,9-10H2,1-5H3,(H,18,21). The zero-order valence-corrected chi connectivity index (χ0v) is 14.1. The molecule has 2 rings (SSSR count). The summed E-state index contributed by atoms with van der Waals surface area (Å²) in [6.45, 7) is 12.1. The highest BCUT2D eigenvalue weighted by Gasteiger charge is 2.22. The maximum absolute atomic E-state index is 11.8. The molecule has 1 aliphatic heterocycles. The van der Waals surface area contributed by atoms with Crippen LogP contribution >= 0.6 is 0 Å². The van der Waals surface area contributed by atoms with Crippen molar-refractivity contribution in [2.75, 3.05) is 13.1 Å². The zero-order chi connectivity index (χ0) is 16.3. The van der Waals surface area contributed by atoms with Crippen LogP contribution in [0.5, 0.6) is 0 Å². The van der Waals surface area contributed by atoms with E-state index in [1.807, 2.05) is 40.8 Å². The summed E-state index contributed by atoms with van der Waals surface area (Å²) in [5.41, 5.74) is 1.86. The number of hydrogen-bond donors (Lipinski definition) is 1. The molecule has 1 aromatic rings. The van der Waals surface area contributed by atoms with E-state index >= 15 is 0 Å². The summed E-state index contributed by atoms with van der Waals surface area (Å²) in [5.74, 6) is 0.826. The minimum absolute atomic E-state index is 0.0303. The Morgan fingerprint density at radius 3 is 2.91 bits per heavy atom. The summed E-state index contributed by atoms with van der Waals surface area (Å²) in [7, 11) is 0. The van der Waals surface area contributed by atoms with Gasteiger partial charge in [0.05, 0.1) is 0 Å². The smallest absolute Gasteiger partial charge is 0.407 e. The predicted octanol–water partition coefficient (Wildman–Crippen LogP) is 2.06. The Bertz CT molecular complexity index is 539. The van der Waals surface area contributed by atoms with Gasteiger partial charge < -0.3 is 10.1 Å². The van der Waals surface area contributed by atoms with Gasteiger partial charge in [-0.3, -0.25) is 4.90 Å². The lowest BCUT2D eigenvalue weighted by Crippen LogP contribution is -2.45. The number of ether oxygens (including phenoxy) is 1. The molecular formula is C16H26N4O2. The van der Waals surface area contributed by atoms with Gasteiger partial charge in [-0.2, -0.15) is 0 Å². The van der Waals surface area contributed by atoms with E-state index in [0.717, 1.165) is 37.6 Å². The summed E-state index contributed by atoms with van der Waals surface area (Å²) < 4.78 is 5.28. The molecule has 122 valence electrons. The summed E-state index contributed by atoms with van der Waals surface area (Å²) >= 11 is 0. The van der Waals surface area contributed by atoms with Gasteiger partial charge in [0.25, 0.3) is 0 Å². The second kappa shape index (κ2) is 6.60. The molecule has 2 heterocycles. The Labute approximate surface area is 132 Å². The van der Waals surface area contributed by atoms with Crippen molar-refractivity contribution in [3.05, 3.63) is 23.3 Å². The Hall–Kier alpha value is -1.69. The average Bonchev–Trinajstić information content (AvgIpc) is 2.36. The highest BCUT2D eigenvalue weighted by atomic mass is 16.6. The summed E-state index contributed by atoms with van der Waals surface area (Å²) in [6, 6.07) is 0.0303. The summed E-state index contributed by atoms with van der Waals surface area (Å²) in [4.78, 5) is 22.8. The fourth-order valence-electron chi connectivity index (χ4n) is 2.57. The van der Waals surface area contributed by atoms with E-state index in [2.05, 4.69) is 20.2 Å². The maximum Gasteiger partial charge on any atom is 0.407 e. The number of hydrogen-bond acceptors (Lipinski definition) is 5. The van der Waals surface area contributed by atoms with Crippen LogP contribution in [0.1, 0.15) is 44.8 Å². The fraction of sp³-hybridized carbons (Fsp3) is 0.688. The first kappa shape index (κ1) is 16.7. The molecule has 0 spiro atoms. The summed E-state index contributed by atoms with van der Waals surface area (Å²) in [5, 5.41) is 2.88. The Balaban J connectivity index is 1.84. The second-order valence-corrected chi connectivity index (χ2v) is 6.92. The molecule has 0 saturated heterocycles. The molecule has 0 radical (unpaired) electrons. The third kappa shape index (κ3) is 4.94. The highest BCUT2D eigenvalue weighted by Crippen LogP contribution is 2.16. The van der Waals surface area contributed by atoms with Crippen LogP contribution in [0.15, 0.2) is 6.20 Å². The second-order valence-electron chi connectivity index (χ2n) is 6.92. The normalized spacial score (nSPS) is 16.8. The number of fused-ring (bicyclic) bond motifs is 1. The van der Waals surface area contributed by atoms with E-state index in [9.17, 15) is 4.79 Å². The molecule has 1 unspecified atom stereocenters. The highest BCUT2D eigenvalue weighted by molar-refractivity contribution is 5.68. The molecule has 1 N–H and O–H groups in total. The molecule has 0 saturated carbocycles. The minimum Gasteiger partial charge on any atom is -0.444 e. The molecule has 0 aromatic carbocycles. The largest absolute Gasteiger partial charge is 0.444 e. The first-order chi connectivity index (χ1) is 10.2. The Morgan fingerprint density at radius 1 is 1.50 bits per heavy atom. The average molecular weight is 306 g/mol. The number of amides is 1. The molecule has 0 fully saturated rings. The number of alkyl carbamates (subject to hydrolysis) is 1. The van der Waals surface area contributed by atoms with E-state index in [4.69, 9.17) is 4.74 Å². The molecular weight excluding hydrogens is 280 g/mol. The van der Waals surface area contributed by atoms with Crippen molar-refractivity contribution in [1.29, 1.82) is 0 Å². The van der Waals surface area contributed by atoms with Crippen LogP contribution in [0, 0.1) is 6.92 Å². The lowest BCUT2D eigenvalue weighted by Gasteiger charge is -2.30. The number of aryl methyl sites for hydroxylation is 1. The van der Waals surface area contributed by atoms with Gasteiger partial charge in [0, 0.05) is 49.6 Å². The maximum atomic E-state index is 11.8. The van der Waals surface area contributed by atoms with Gasteiger partial charge >= 0.3 is 6.09 Å². The first-order valence-electron chi connectivity index (χ1n) is 7.76. The van der Waals surface area contributed by atoms with Crippen molar-refractivity contribution in [1.82, 2.24) is 20.2 Å². The molecule has 1 amide bonds. The van der Waals surface area contributed by atoms with Gasteiger partial charge in [0.2, 0.25) is 0 Å². The van der Waals surface area contributed by atoms with Crippen molar-refractivity contribution in [2.45, 2.75) is 59.2 Å². The van der Waals surface area contributed by atoms with Crippen LogP contribution in [-0.2, 0) is 17.7 Å². The fourth-order valence-corrected chi connectivity index (χ4v) is 2.57. The van der Waals surface area contributed by atoms with Crippen molar-refractivity contribution in [2.24, 2.45) is 0 Å². The lowest BCUT2D eigenvalue weighted by atomic mass is 10.1. The van der Waals surface area contributed by atoms with E-state index in [1.165, 1.54) is 5.56 Å². The van der Waals surface area contributed by atoms with Gasteiger partial charge in [-0.15, -0.1) is 0 Å². The van der Waals surface area contributed by atoms with Gasteiger partial charge in [-0.25, -0.2) is 14.8 Å². The molecule has 1 atom stereocenters. The molecule has 6 heteroatoms. The number of rotatable bonds is 3. The minimum atomic E-state index is -0.469. The topological polar surface area (TPSA) is 67.4 Å². The van der Waals surface area contributed by atoms with Crippen molar-refractivity contribution in [3.63, 3.8) is 0 Å². The van der Waals surface area contributed by atoms with Gasteiger partial charge in [-0.05, 0) is 34.6 Å². The predicted molar refractivity (Wildman–Crippen MR) is 84.6 cm³/mol. The van der Waals surface area contributed by atoms with Crippen LogP contribution in [0.25, 0.3) is 0 Å². The van der Waals surface area contributed by atoms with Crippen LogP contribution in [0.2, 0.25) is 0 Å². The Kier molecular flexibility index (Phi) is 5.01. The third-order valence-electron chi connectivity index (χ3n) is 3.43. The van der Waals surface area contributed by atoms with Crippen LogP contribution in [-0.4, -0.2) is 45.7 Å². The lowest BCUT2D eigenvalue weighted by molar-refractivity contribution is 0.0495. The van der Waals surface area contributed by atoms with Crippen molar-refractivity contribution in [3.8, 4) is 0 Å². The molecule has 1 aliphatic rings. The van der Waals surface area contributed by atoms with Crippen LogP contribution in [0.4, 0.5) is 4.79 Å². The van der Waals surface area contributed by atoms with Crippen LogP contribution in [0.3, 0.4) is 0 Å². The summed E-state index contributed by atoms with van der Waals surface area (Å²) in [6.07, 6.45) is 2.48. The number of aromatic nitrogens is 2. The molecule has 0 bridgehead atoms. The third-order valence-corrected chi connectivity index (χ3v) is 3.43. The monoisotopic (exact) mass is 306 g/mol. The number of carbonyl (C=O) groups is 1. The number of nitrogens with one attached hydrogen (secondary N) is 1. The SMILES string of the molecule is Cc1ncc2c(n1)CCN(CC(C)NC(=O)OC(C)(C)C)C2. The van der Waals surface area contributed by atoms with E-state index < -0.39 is 5.60 Å². The molecule has 1 aromatic heterocycles. The van der Waals surface area contributed by atoms with Crippen molar-refractivity contribution >= 4 is 6.09 Å². The van der Waals surface area contributed by atoms with Crippen molar-refractivity contribution < 1.29 is 9.53 Å². The quantitative estimate of drug-likeness (QED) is 0.926. The zero-order valence-electron chi connectivity index (χ0n) is 14.1. The van der Waals surface area contributed by atoms with E-state index in [-0.39, 0.29) is 12.1 Å². The number of carbonyl (C=O) groups excluding carboxylic acids is 1. The number of nitrogens with zero attached hydrogens (tertiary/aromatic N) is 3. The van der Waals surface area contributed by atoms with Crippen LogP contribution < -0.4 is 5.32 Å². The van der Waals surface area contributed by atoms with Gasteiger partial charge in [0.1, 0.15) is 11.4 Å². The van der Waals surface area contributed by atoms with E-state index in [0.29, 0.717) is 0 Å². The molecule has 6 nitrogen and oxygen atoms in total. The van der Waals surface area contributed by atoms with Gasteiger partial charge in [-0.1, -0.05) is 0 Å². The molecule has 0 aliphatic carbocycles. The Morgan fingerprint density at radius 2 is 2.23 bits per heavy atom. The van der Waals surface area contributed by atoms with Gasteiger partial charge in [0.15, 0.2) is 0 Å². The van der Waals surface area contributed by atoms with E-state index in [1.54, 1.807) is 0 Å². The first-order valence-corrected chi connectivity index (χ1v) is 7.76.